The number of nitrogens with one attached hydrogen (secondary N) is 2. The van der Waals surface area contributed by atoms with Crippen LogP contribution in [-0.2, 0) is 38.1 Å². The van der Waals surface area contributed by atoms with E-state index in [1.165, 1.54) is 0 Å². The zero-order valence-electron chi connectivity index (χ0n) is 13.1. The molecule has 0 saturated carbocycles. The van der Waals surface area contributed by atoms with Crippen LogP contribution in [0.4, 0.5) is 0 Å². The molecule has 24 heavy (non-hydrogen) atoms. The maximum absolute atomic E-state index is 12.3. The number of esters is 3. The topological polar surface area (TPSA) is 129 Å². The predicted octanol–water partition coefficient (Wildman–Crippen LogP) is -1.49. The first kappa shape index (κ1) is 18.1. The van der Waals surface area contributed by atoms with Crippen LogP contribution >= 0.6 is 12.2 Å². The molecule has 1 spiro atoms. The van der Waals surface area contributed by atoms with Gasteiger partial charge in [-0.25, -0.2) is 0 Å². The number of carbonyl (C=O) groups excluding carboxylic acids is 4. The second kappa shape index (κ2) is 6.69. The fourth-order valence-electron chi connectivity index (χ4n) is 2.54. The van der Waals surface area contributed by atoms with Gasteiger partial charge in [-0.05, 0) is 12.2 Å². The lowest BCUT2D eigenvalue weighted by molar-refractivity contribution is -0.252. The van der Waals surface area contributed by atoms with Crippen LogP contribution in [0.25, 0.3) is 0 Å². The van der Waals surface area contributed by atoms with Crippen LogP contribution in [-0.4, -0.2) is 59.6 Å². The highest BCUT2D eigenvalue weighted by Gasteiger charge is 2.63. The molecule has 0 aliphatic carbocycles. The average molecular weight is 360 g/mol. The molecule has 0 aromatic carbocycles. The fourth-order valence-corrected chi connectivity index (χ4v) is 2.79. The lowest BCUT2D eigenvalue weighted by Crippen LogP contribution is -2.70. The number of ether oxygens (including phenoxy) is 4. The zero-order chi connectivity index (χ0) is 18.1. The summed E-state index contributed by atoms with van der Waals surface area (Å²) in [4.78, 5) is 46.5. The largest absolute Gasteiger partial charge is 0.456 e. The first-order valence-corrected chi connectivity index (χ1v) is 7.35. The molecule has 2 saturated heterocycles. The van der Waals surface area contributed by atoms with Crippen LogP contribution < -0.4 is 10.6 Å². The quantitative estimate of drug-likeness (QED) is 0.349. The number of amides is 1. The fraction of sp³-hybridized carbons (Fsp3) is 0.615. The molecule has 11 heteroatoms. The molecular formula is C13H16N2O8S. The van der Waals surface area contributed by atoms with Crippen molar-refractivity contribution >= 4 is 41.1 Å². The average Bonchev–Trinajstić information content (AvgIpc) is 2.71. The summed E-state index contributed by atoms with van der Waals surface area (Å²) in [6, 6.07) is 0. The van der Waals surface area contributed by atoms with Gasteiger partial charge >= 0.3 is 17.9 Å². The van der Waals surface area contributed by atoms with E-state index in [2.05, 4.69) is 10.6 Å². The molecule has 0 aromatic heterocycles. The molecule has 2 rings (SSSR count). The second-order valence-corrected chi connectivity index (χ2v) is 5.62. The van der Waals surface area contributed by atoms with E-state index in [9.17, 15) is 19.2 Å². The van der Waals surface area contributed by atoms with Crippen molar-refractivity contribution in [2.75, 3.05) is 6.61 Å². The molecule has 0 unspecified atom stereocenters. The molecule has 132 valence electrons. The summed E-state index contributed by atoms with van der Waals surface area (Å²) in [7, 11) is 0. The van der Waals surface area contributed by atoms with Crippen LogP contribution in [0.5, 0.6) is 0 Å². The van der Waals surface area contributed by atoms with Gasteiger partial charge in [-0.2, -0.15) is 0 Å². The van der Waals surface area contributed by atoms with Gasteiger partial charge in [0.05, 0.1) is 6.61 Å². The van der Waals surface area contributed by atoms with Gasteiger partial charge < -0.3 is 24.3 Å². The van der Waals surface area contributed by atoms with Crippen LogP contribution in [0, 0.1) is 0 Å². The Labute approximate surface area is 142 Å². The van der Waals surface area contributed by atoms with E-state index >= 15 is 0 Å². The van der Waals surface area contributed by atoms with Gasteiger partial charge in [-0.3, -0.25) is 24.5 Å². The Morgan fingerprint density at radius 2 is 1.71 bits per heavy atom. The molecule has 0 radical (unpaired) electrons. The monoisotopic (exact) mass is 360 g/mol. The molecule has 2 N–H and O–H groups in total. The maximum Gasteiger partial charge on any atom is 0.303 e. The van der Waals surface area contributed by atoms with E-state index < -0.39 is 47.9 Å². The van der Waals surface area contributed by atoms with E-state index in [-0.39, 0.29) is 11.7 Å². The van der Waals surface area contributed by atoms with E-state index in [4.69, 9.17) is 31.2 Å². The molecule has 2 fully saturated rings. The first-order valence-electron chi connectivity index (χ1n) is 6.95. The third-order valence-corrected chi connectivity index (χ3v) is 3.52. The number of thiocarbonyl (C=S) groups is 1. The summed E-state index contributed by atoms with van der Waals surface area (Å²) < 4.78 is 20.9. The third kappa shape index (κ3) is 3.46. The molecule has 2 heterocycles. The minimum Gasteiger partial charge on any atom is -0.456 e. The second-order valence-electron chi connectivity index (χ2n) is 5.21. The number of rotatable bonds is 3. The molecule has 10 nitrogen and oxygen atoms in total. The summed E-state index contributed by atoms with van der Waals surface area (Å²) in [6.07, 6.45) is -3.74. The summed E-state index contributed by atoms with van der Waals surface area (Å²) in [5.41, 5.74) is -1.88. The van der Waals surface area contributed by atoms with Gasteiger partial charge in [0.2, 0.25) is 0 Å². The van der Waals surface area contributed by atoms with Gasteiger partial charge in [0.25, 0.3) is 11.6 Å². The normalized spacial score (nSPS) is 31.9. The Kier molecular flexibility index (Phi) is 5.04. The highest BCUT2D eigenvalue weighted by Crippen LogP contribution is 2.32. The van der Waals surface area contributed by atoms with Crippen LogP contribution in [0.2, 0.25) is 0 Å². The van der Waals surface area contributed by atoms with Crippen LogP contribution in [0.1, 0.15) is 20.8 Å². The van der Waals surface area contributed by atoms with Gasteiger partial charge in [0.1, 0.15) is 0 Å². The molecule has 0 aromatic rings. The Hall–Kier alpha value is -2.27. The van der Waals surface area contributed by atoms with Crippen molar-refractivity contribution in [2.24, 2.45) is 0 Å². The van der Waals surface area contributed by atoms with Gasteiger partial charge in [-0.15, -0.1) is 0 Å². The Balaban J connectivity index is 2.42. The Bertz CT molecular complexity index is 609. The first-order chi connectivity index (χ1) is 11.2. The highest BCUT2D eigenvalue weighted by atomic mass is 32.1. The van der Waals surface area contributed by atoms with Crippen molar-refractivity contribution in [1.29, 1.82) is 0 Å². The molecule has 1 amide bonds. The lowest BCUT2D eigenvalue weighted by Gasteiger charge is -2.44. The SMILES string of the molecule is CC(=O)O[C@@H]1[C@@H](OC(C)=O)[C@]2(NC(=S)NC2=O)OC[C@H]1OC(C)=O. The van der Waals surface area contributed by atoms with Crippen LogP contribution in [0.15, 0.2) is 0 Å². The van der Waals surface area contributed by atoms with Crippen molar-refractivity contribution in [3.63, 3.8) is 0 Å². The van der Waals surface area contributed by atoms with E-state index in [0.29, 0.717) is 0 Å². The zero-order valence-corrected chi connectivity index (χ0v) is 13.9. The Morgan fingerprint density at radius 1 is 1.12 bits per heavy atom. The highest BCUT2D eigenvalue weighted by molar-refractivity contribution is 7.80. The molecule has 4 atom stereocenters. The van der Waals surface area contributed by atoms with Crippen molar-refractivity contribution in [3.05, 3.63) is 0 Å². The van der Waals surface area contributed by atoms with Gasteiger partial charge in [0, 0.05) is 20.8 Å². The lowest BCUT2D eigenvalue weighted by atomic mass is 9.93. The smallest absolute Gasteiger partial charge is 0.303 e. The molecule has 2 aliphatic heterocycles. The van der Waals surface area contributed by atoms with Crippen molar-refractivity contribution in [2.45, 2.75) is 44.8 Å². The number of hydrogen-bond donors (Lipinski definition) is 2. The van der Waals surface area contributed by atoms with Crippen molar-refractivity contribution < 1.29 is 38.1 Å². The van der Waals surface area contributed by atoms with E-state index in [1.807, 2.05) is 0 Å². The molecule has 2 aliphatic rings. The van der Waals surface area contributed by atoms with Crippen molar-refractivity contribution in [1.82, 2.24) is 10.6 Å². The number of carbonyl (C=O) groups is 4. The summed E-state index contributed by atoms with van der Waals surface area (Å²) in [6.45, 7) is 3.12. The molecule has 0 bridgehead atoms. The maximum atomic E-state index is 12.3. The predicted molar refractivity (Wildman–Crippen MR) is 79.2 cm³/mol. The minimum absolute atomic E-state index is 0.0373. The molecular weight excluding hydrogens is 344 g/mol. The van der Waals surface area contributed by atoms with E-state index in [0.717, 1.165) is 20.8 Å². The van der Waals surface area contributed by atoms with E-state index in [1.54, 1.807) is 0 Å². The van der Waals surface area contributed by atoms with Crippen LogP contribution in [0.3, 0.4) is 0 Å². The van der Waals surface area contributed by atoms with Gasteiger partial charge in [0.15, 0.2) is 23.4 Å². The summed E-state index contributed by atoms with van der Waals surface area (Å²) in [5, 5.41) is 4.88. The van der Waals surface area contributed by atoms with Crippen molar-refractivity contribution in [3.8, 4) is 0 Å². The van der Waals surface area contributed by atoms with Gasteiger partial charge in [-0.1, -0.05) is 0 Å². The third-order valence-electron chi connectivity index (χ3n) is 3.32. The minimum atomic E-state index is -1.88. The Morgan fingerprint density at radius 3 is 2.17 bits per heavy atom. The summed E-state index contributed by atoms with van der Waals surface area (Å²) in [5.74, 6) is -2.84. The summed E-state index contributed by atoms with van der Waals surface area (Å²) >= 11 is 4.89. The standard InChI is InChI=1S/C13H16N2O8S/c1-5(16)21-8-4-20-13(11(19)14-12(24)15-13)10(23-7(3)18)9(8)22-6(2)17/h8-10H,4H2,1-3H3,(H2,14,15,19,24)/t8-,9+,10-,13+/m1/s1. The number of hydrogen-bond acceptors (Lipinski definition) is 9.